The van der Waals surface area contributed by atoms with Gasteiger partial charge in [-0.15, -0.1) is 0 Å². The van der Waals surface area contributed by atoms with Crippen LogP contribution in [0.2, 0.25) is 0 Å². The van der Waals surface area contributed by atoms with E-state index < -0.39 is 5.41 Å². The first-order chi connectivity index (χ1) is 20.6. The number of ketones is 1. The molecule has 3 aromatic rings. The second-order valence-corrected chi connectivity index (χ2v) is 11.1. The van der Waals surface area contributed by atoms with E-state index in [1.54, 1.807) is 56.6 Å². The van der Waals surface area contributed by atoms with Gasteiger partial charge in [-0.05, 0) is 68.9 Å². The fourth-order valence-corrected chi connectivity index (χ4v) is 4.02. The summed E-state index contributed by atoms with van der Waals surface area (Å²) in [7, 11) is 3.83. The van der Waals surface area contributed by atoms with Crippen molar-refractivity contribution in [3.63, 3.8) is 0 Å². The van der Waals surface area contributed by atoms with E-state index in [0.29, 0.717) is 48.3 Å². The van der Waals surface area contributed by atoms with Gasteiger partial charge in [-0.25, -0.2) is 4.98 Å². The maximum absolute atomic E-state index is 13.3. The molecule has 228 valence electrons. The minimum absolute atomic E-state index is 0.0707. The van der Waals surface area contributed by atoms with E-state index in [1.807, 2.05) is 38.1 Å². The lowest BCUT2D eigenvalue weighted by Crippen LogP contribution is -2.32. The summed E-state index contributed by atoms with van der Waals surface area (Å²) < 4.78 is 0. The van der Waals surface area contributed by atoms with Crippen molar-refractivity contribution in [3.8, 4) is 0 Å². The van der Waals surface area contributed by atoms with Crippen LogP contribution in [0.25, 0.3) is 0 Å². The first-order valence-electron chi connectivity index (χ1n) is 14.4. The van der Waals surface area contributed by atoms with E-state index in [0.717, 1.165) is 18.4 Å². The molecule has 0 radical (unpaired) electrons. The third-order valence-corrected chi connectivity index (χ3v) is 6.41. The predicted molar refractivity (Wildman–Crippen MR) is 171 cm³/mol. The molecule has 0 fully saturated rings. The monoisotopic (exact) mass is 586 g/mol. The number of rotatable bonds is 16. The number of anilines is 4. The topological polar surface area (TPSA) is 141 Å². The van der Waals surface area contributed by atoms with Gasteiger partial charge in [0, 0.05) is 56.0 Å². The van der Waals surface area contributed by atoms with Crippen molar-refractivity contribution in [2.75, 3.05) is 55.0 Å². The van der Waals surface area contributed by atoms with Crippen LogP contribution in [0, 0.1) is 5.41 Å². The Labute approximate surface area is 253 Å². The van der Waals surface area contributed by atoms with Gasteiger partial charge >= 0.3 is 0 Å². The number of likely N-dealkylation sites (N-methyl/N-ethyl adjacent to an activating group) is 1. The average molecular weight is 587 g/mol. The predicted octanol–water partition coefficient (Wildman–Crippen LogP) is 4.64. The van der Waals surface area contributed by atoms with Crippen LogP contribution in [0.4, 0.5) is 23.1 Å². The number of allylic oxidation sites excluding steroid dienone is 1. The van der Waals surface area contributed by atoms with Gasteiger partial charge in [0.2, 0.25) is 11.9 Å². The third-order valence-electron chi connectivity index (χ3n) is 6.41. The molecule has 2 heterocycles. The molecule has 0 bridgehead atoms. The van der Waals surface area contributed by atoms with Crippen molar-refractivity contribution >= 4 is 40.7 Å². The molecule has 0 saturated heterocycles. The number of carbonyl (C=O) groups excluding carboxylic acids is 3. The normalized spacial score (nSPS) is 11.4. The minimum Gasteiger partial charge on any atom is -0.369 e. The second kappa shape index (κ2) is 16.1. The molecule has 2 aromatic heterocycles. The van der Waals surface area contributed by atoms with E-state index in [1.165, 1.54) is 12.3 Å². The highest BCUT2D eigenvalue weighted by atomic mass is 16.2. The average Bonchev–Trinajstić information content (AvgIpc) is 2.96. The molecule has 4 N–H and O–H groups in total. The fourth-order valence-electron chi connectivity index (χ4n) is 4.02. The molecule has 0 aliphatic carbocycles. The molecule has 0 unspecified atom stereocenters. The first-order valence-corrected chi connectivity index (χ1v) is 14.4. The van der Waals surface area contributed by atoms with Crippen LogP contribution in [-0.4, -0.2) is 71.2 Å². The molecule has 43 heavy (non-hydrogen) atoms. The summed E-state index contributed by atoms with van der Waals surface area (Å²) in [4.78, 5) is 53.5. The fraction of sp³-hybridized carbons (Fsp3) is 0.375. The number of nitrogens with zero attached hydrogens (tertiary/aromatic N) is 4. The highest BCUT2D eigenvalue weighted by molar-refractivity contribution is 6.08. The van der Waals surface area contributed by atoms with Gasteiger partial charge in [-0.2, -0.15) is 4.98 Å². The third kappa shape index (κ3) is 10.9. The van der Waals surface area contributed by atoms with Crippen molar-refractivity contribution in [1.29, 1.82) is 0 Å². The zero-order chi connectivity index (χ0) is 31.2. The Hall–Kier alpha value is -4.64. The van der Waals surface area contributed by atoms with Crippen LogP contribution < -0.4 is 21.3 Å². The molecule has 0 saturated carbocycles. The summed E-state index contributed by atoms with van der Waals surface area (Å²) in [5, 5.41) is 12.2. The Balaban J connectivity index is 1.64. The summed E-state index contributed by atoms with van der Waals surface area (Å²) in [6.45, 7) is 7.40. The van der Waals surface area contributed by atoms with E-state index in [4.69, 9.17) is 0 Å². The molecular weight excluding hydrogens is 544 g/mol. The summed E-state index contributed by atoms with van der Waals surface area (Å²) in [5.41, 5.74) is 1.50. The summed E-state index contributed by atoms with van der Waals surface area (Å²) >= 11 is 0. The molecule has 11 heteroatoms. The summed E-state index contributed by atoms with van der Waals surface area (Å²) in [6.07, 6.45) is 10.0. The van der Waals surface area contributed by atoms with Gasteiger partial charge in [0.1, 0.15) is 11.4 Å². The van der Waals surface area contributed by atoms with Gasteiger partial charge < -0.3 is 26.2 Å². The number of aromatic nitrogens is 3. The second-order valence-electron chi connectivity index (χ2n) is 11.1. The van der Waals surface area contributed by atoms with E-state index in [9.17, 15) is 14.4 Å². The lowest BCUT2D eigenvalue weighted by molar-refractivity contribution is -0.128. The van der Waals surface area contributed by atoms with Crippen LogP contribution in [0.3, 0.4) is 0 Å². The lowest BCUT2D eigenvalue weighted by Gasteiger charge is -2.22. The Morgan fingerprint density at radius 2 is 1.70 bits per heavy atom. The molecule has 0 atom stereocenters. The number of pyridine rings is 1. The standard InChI is InChI=1S/C32H42N8O3/c1-6-15-34-28-27(22-36-31(39-28)35-18-14-23-12-16-33-17-13-23)29(42)37-24-9-7-10-25(20-24)38-30(43)32(2,3)21-26(41)11-8-19-40(4)5/h7-13,16-17,20,22H,6,14-15,18-19,21H2,1-5H3,(H,37,42)(H,38,43)(H2,34,35,36,39)/b11-8+. The zero-order valence-electron chi connectivity index (χ0n) is 25.6. The maximum atomic E-state index is 13.3. The highest BCUT2D eigenvalue weighted by Gasteiger charge is 2.30. The molecule has 3 rings (SSSR count). The Kier molecular flexibility index (Phi) is 12.3. The molecular formula is C32H42N8O3. The maximum Gasteiger partial charge on any atom is 0.260 e. The number of hydrogen-bond donors (Lipinski definition) is 4. The number of nitrogens with one attached hydrogen (secondary N) is 4. The smallest absolute Gasteiger partial charge is 0.260 e. The highest BCUT2D eigenvalue weighted by Crippen LogP contribution is 2.25. The van der Waals surface area contributed by atoms with Gasteiger partial charge in [0.25, 0.3) is 5.91 Å². The van der Waals surface area contributed by atoms with Crippen molar-refractivity contribution in [2.45, 2.75) is 40.0 Å². The summed E-state index contributed by atoms with van der Waals surface area (Å²) in [6, 6.07) is 10.8. The number of benzene rings is 1. The van der Waals surface area contributed by atoms with E-state index in [2.05, 4.69) is 36.2 Å². The van der Waals surface area contributed by atoms with Crippen LogP contribution >= 0.6 is 0 Å². The van der Waals surface area contributed by atoms with Gasteiger partial charge in [0.15, 0.2) is 5.78 Å². The van der Waals surface area contributed by atoms with Crippen molar-refractivity contribution in [3.05, 3.63) is 78.3 Å². The first kappa shape index (κ1) is 32.9. The van der Waals surface area contributed by atoms with Crippen LogP contribution in [0.1, 0.15) is 49.5 Å². The van der Waals surface area contributed by atoms with Gasteiger partial charge in [-0.3, -0.25) is 19.4 Å². The molecule has 2 amide bonds. The molecule has 1 aromatic carbocycles. The molecule has 0 spiro atoms. The summed E-state index contributed by atoms with van der Waals surface area (Å²) in [5.74, 6) is 0.0461. The minimum atomic E-state index is -0.927. The molecule has 11 nitrogen and oxygen atoms in total. The molecule has 0 aliphatic heterocycles. The quantitative estimate of drug-likeness (QED) is 0.177. The van der Waals surface area contributed by atoms with Crippen LogP contribution in [0.5, 0.6) is 0 Å². The number of carbonyl (C=O) groups is 3. The van der Waals surface area contributed by atoms with Crippen LogP contribution in [0.15, 0.2) is 67.1 Å². The molecule has 0 aliphatic rings. The lowest BCUT2D eigenvalue weighted by atomic mass is 9.86. The largest absolute Gasteiger partial charge is 0.369 e. The number of amides is 2. The van der Waals surface area contributed by atoms with E-state index >= 15 is 0 Å². The van der Waals surface area contributed by atoms with Gasteiger partial charge in [0.05, 0.1) is 5.41 Å². The van der Waals surface area contributed by atoms with E-state index in [-0.39, 0.29) is 24.0 Å². The Bertz CT molecular complexity index is 1410. The van der Waals surface area contributed by atoms with Gasteiger partial charge in [-0.1, -0.05) is 32.9 Å². The Morgan fingerprint density at radius 1 is 0.977 bits per heavy atom. The van der Waals surface area contributed by atoms with Crippen molar-refractivity contribution < 1.29 is 14.4 Å². The number of hydrogen-bond acceptors (Lipinski definition) is 9. The van der Waals surface area contributed by atoms with Crippen LogP contribution in [-0.2, 0) is 16.0 Å². The Morgan fingerprint density at radius 3 is 2.40 bits per heavy atom. The van der Waals surface area contributed by atoms with Crippen molar-refractivity contribution in [1.82, 2.24) is 19.9 Å². The van der Waals surface area contributed by atoms with Crippen molar-refractivity contribution in [2.24, 2.45) is 5.41 Å². The zero-order valence-corrected chi connectivity index (χ0v) is 25.6. The SMILES string of the molecule is CCCNc1nc(NCCc2ccncc2)ncc1C(=O)Nc1cccc(NC(=O)C(C)(C)CC(=O)/C=C/CN(C)C)c1.